The molecule has 0 fully saturated rings. The summed E-state index contributed by atoms with van der Waals surface area (Å²) in [6.45, 7) is 0.826. The number of nitrogens with zero attached hydrogens (tertiary/aromatic N) is 1. The van der Waals surface area contributed by atoms with E-state index in [0.29, 0.717) is 6.54 Å². The first-order chi connectivity index (χ1) is 5.34. The molecular formula is C8H12NOP. The number of para-hydroxylation sites is 1. The monoisotopic (exact) mass is 169 g/mol. The maximum absolute atomic E-state index is 8.64. The Bertz CT molecular complexity index is 203. The second-order valence-corrected chi connectivity index (χ2v) is 2.88. The molecule has 0 heterocycles. The lowest BCUT2D eigenvalue weighted by atomic mass is 10.3. The summed E-state index contributed by atoms with van der Waals surface area (Å²) in [6.07, 6.45) is 0. The molecule has 11 heavy (non-hydrogen) atoms. The van der Waals surface area contributed by atoms with Crippen LogP contribution >= 0.6 is 9.39 Å². The molecule has 0 radical (unpaired) electrons. The van der Waals surface area contributed by atoms with Crippen molar-refractivity contribution >= 4 is 15.1 Å². The Hall–Kier alpha value is -0.590. The van der Waals surface area contributed by atoms with E-state index in [-0.39, 0.29) is 6.61 Å². The van der Waals surface area contributed by atoms with Gasteiger partial charge in [0.25, 0.3) is 0 Å². The second-order valence-electron chi connectivity index (χ2n) is 2.25. The summed E-state index contributed by atoms with van der Waals surface area (Å²) in [5.41, 5.74) is 1.10. The summed E-state index contributed by atoms with van der Waals surface area (Å²) in [5.74, 6) is 0. The molecule has 0 bridgehead atoms. The molecule has 0 aliphatic heterocycles. The standard InChI is InChI=1S/C8H12NOP/c10-7-6-9(11)8-4-2-1-3-5-8/h1-5,10H,6-7,11H2. The number of aliphatic hydroxyl groups excluding tert-OH is 1. The third-order valence-corrected chi connectivity index (χ3v) is 1.99. The van der Waals surface area contributed by atoms with Crippen LogP contribution in [0, 0.1) is 0 Å². The molecule has 0 saturated heterocycles. The van der Waals surface area contributed by atoms with Crippen molar-refractivity contribution in [3.63, 3.8) is 0 Å². The lowest BCUT2D eigenvalue weighted by Gasteiger charge is -2.16. The van der Waals surface area contributed by atoms with Crippen molar-refractivity contribution in [1.82, 2.24) is 0 Å². The van der Waals surface area contributed by atoms with Crippen molar-refractivity contribution in [1.29, 1.82) is 0 Å². The first-order valence-electron chi connectivity index (χ1n) is 3.52. The van der Waals surface area contributed by atoms with Crippen LogP contribution in [0.1, 0.15) is 0 Å². The quantitative estimate of drug-likeness (QED) is 0.689. The van der Waals surface area contributed by atoms with Gasteiger partial charge in [-0.2, -0.15) is 0 Å². The fourth-order valence-corrected chi connectivity index (χ4v) is 1.14. The predicted octanol–water partition coefficient (Wildman–Crippen LogP) is 1.28. The predicted molar refractivity (Wildman–Crippen MR) is 50.6 cm³/mol. The van der Waals surface area contributed by atoms with E-state index in [1.165, 1.54) is 0 Å². The van der Waals surface area contributed by atoms with Crippen molar-refractivity contribution in [2.24, 2.45) is 0 Å². The van der Waals surface area contributed by atoms with Gasteiger partial charge in [-0.15, -0.1) is 0 Å². The molecule has 1 N–H and O–H groups in total. The molecule has 1 unspecified atom stereocenters. The van der Waals surface area contributed by atoms with Crippen LogP contribution in [0.15, 0.2) is 30.3 Å². The van der Waals surface area contributed by atoms with Gasteiger partial charge in [0.15, 0.2) is 0 Å². The Labute approximate surface area is 69.1 Å². The van der Waals surface area contributed by atoms with Gasteiger partial charge >= 0.3 is 0 Å². The van der Waals surface area contributed by atoms with E-state index in [2.05, 4.69) is 9.39 Å². The van der Waals surface area contributed by atoms with E-state index in [1.54, 1.807) is 0 Å². The summed E-state index contributed by atoms with van der Waals surface area (Å²) in [7, 11) is 2.57. The van der Waals surface area contributed by atoms with Crippen LogP contribution in [0.2, 0.25) is 0 Å². The zero-order valence-electron chi connectivity index (χ0n) is 6.27. The molecule has 0 spiro atoms. The van der Waals surface area contributed by atoms with Gasteiger partial charge in [-0.1, -0.05) is 18.2 Å². The molecule has 1 aromatic rings. The summed E-state index contributed by atoms with van der Waals surface area (Å²) >= 11 is 0. The molecule has 1 aromatic carbocycles. The minimum Gasteiger partial charge on any atom is -0.395 e. The first-order valence-corrected chi connectivity index (χ1v) is 4.04. The number of hydrogen-bond donors (Lipinski definition) is 1. The average Bonchev–Trinajstić information content (AvgIpc) is 2.07. The molecule has 0 aliphatic rings. The lowest BCUT2D eigenvalue weighted by Crippen LogP contribution is -2.13. The molecule has 60 valence electrons. The highest BCUT2D eigenvalue weighted by Crippen LogP contribution is 2.15. The smallest absolute Gasteiger partial charge is 0.0609 e. The highest BCUT2D eigenvalue weighted by atomic mass is 31.0. The van der Waals surface area contributed by atoms with Crippen molar-refractivity contribution in [2.45, 2.75) is 0 Å². The zero-order valence-corrected chi connectivity index (χ0v) is 7.43. The van der Waals surface area contributed by atoms with Gasteiger partial charge in [-0.25, -0.2) is 0 Å². The van der Waals surface area contributed by atoms with E-state index >= 15 is 0 Å². The first kappa shape index (κ1) is 8.51. The summed E-state index contributed by atoms with van der Waals surface area (Å²) in [5, 5.41) is 8.64. The Morgan fingerprint density at radius 3 is 2.45 bits per heavy atom. The maximum Gasteiger partial charge on any atom is 0.0609 e. The van der Waals surface area contributed by atoms with Gasteiger partial charge in [0.1, 0.15) is 0 Å². The van der Waals surface area contributed by atoms with Crippen molar-refractivity contribution in [3.05, 3.63) is 30.3 Å². The number of rotatable bonds is 3. The van der Waals surface area contributed by atoms with E-state index in [4.69, 9.17) is 5.11 Å². The molecule has 3 heteroatoms. The van der Waals surface area contributed by atoms with Crippen LogP contribution in [-0.4, -0.2) is 18.3 Å². The maximum atomic E-state index is 8.64. The molecule has 1 rings (SSSR count). The number of hydrogen-bond acceptors (Lipinski definition) is 2. The summed E-state index contributed by atoms with van der Waals surface area (Å²) in [6, 6.07) is 9.93. The van der Waals surface area contributed by atoms with E-state index in [9.17, 15) is 0 Å². The molecule has 0 saturated carbocycles. The summed E-state index contributed by atoms with van der Waals surface area (Å²) in [4.78, 5) is 0. The van der Waals surface area contributed by atoms with Gasteiger partial charge in [0, 0.05) is 12.2 Å². The minimum absolute atomic E-state index is 0.179. The van der Waals surface area contributed by atoms with Crippen LogP contribution in [-0.2, 0) is 0 Å². The Morgan fingerprint density at radius 1 is 1.27 bits per heavy atom. The number of anilines is 1. The lowest BCUT2D eigenvalue weighted by molar-refractivity contribution is 0.307. The van der Waals surface area contributed by atoms with Crippen LogP contribution in [0.3, 0.4) is 0 Å². The van der Waals surface area contributed by atoms with Gasteiger partial charge < -0.3 is 9.78 Å². The minimum atomic E-state index is 0.179. The largest absolute Gasteiger partial charge is 0.395 e. The number of benzene rings is 1. The van der Waals surface area contributed by atoms with Crippen molar-refractivity contribution in [3.8, 4) is 0 Å². The van der Waals surface area contributed by atoms with Gasteiger partial charge in [0.05, 0.1) is 6.61 Å². The fourth-order valence-electron chi connectivity index (χ4n) is 0.856. The van der Waals surface area contributed by atoms with E-state index < -0.39 is 0 Å². The molecular weight excluding hydrogens is 157 g/mol. The third-order valence-electron chi connectivity index (χ3n) is 1.43. The van der Waals surface area contributed by atoms with Gasteiger partial charge in [-0.3, -0.25) is 0 Å². The fraction of sp³-hybridized carbons (Fsp3) is 0.250. The third kappa shape index (κ3) is 2.49. The van der Waals surface area contributed by atoms with Crippen molar-refractivity contribution in [2.75, 3.05) is 17.8 Å². The van der Waals surface area contributed by atoms with E-state index in [1.807, 2.05) is 35.0 Å². The van der Waals surface area contributed by atoms with Crippen molar-refractivity contribution < 1.29 is 5.11 Å². The van der Waals surface area contributed by atoms with Crippen LogP contribution < -0.4 is 4.67 Å². The molecule has 0 aliphatic carbocycles. The van der Waals surface area contributed by atoms with Crippen LogP contribution in [0.4, 0.5) is 5.69 Å². The van der Waals surface area contributed by atoms with Crippen LogP contribution in [0.25, 0.3) is 0 Å². The topological polar surface area (TPSA) is 23.5 Å². The van der Waals surface area contributed by atoms with E-state index in [0.717, 1.165) is 5.69 Å². The SMILES string of the molecule is OCCN(P)c1ccccc1. The highest BCUT2D eigenvalue weighted by molar-refractivity contribution is 7.19. The molecule has 2 nitrogen and oxygen atoms in total. The average molecular weight is 169 g/mol. The normalized spacial score (nSPS) is 9.64. The Morgan fingerprint density at radius 2 is 1.91 bits per heavy atom. The molecule has 0 amide bonds. The highest BCUT2D eigenvalue weighted by Gasteiger charge is 1.96. The summed E-state index contributed by atoms with van der Waals surface area (Å²) < 4.78 is 1.93. The molecule has 1 atom stereocenters. The van der Waals surface area contributed by atoms with Gasteiger partial charge in [0.2, 0.25) is 0 Å². The Balaban J connectivity index is 2.61. The number of aliphatic hydroxyl groups is 1. The second kappa shape index (κ2) is 4.32. The van der Waals surface area contributed by atoms with Crippen LogP contribution in [0.5, 0.6) is 0 Å². The Kier molecular flexibility index (Phi) is 3.34. The zero-order chi connectivity index (χ0) is 8.10. The molecule has 0 aromatic heterocycles. The van der Waals surface area contributed by atoms with Gasteiger partial charge in [-0.05, 0) is 21.5 Å².